The van der Waals surface area contributed by atoms with Crippen molar-refractivity contribution in [3.8, 4) is 0 Å². The second-order valence-corrected chi connectivity index (χ2v) is 6.11. The van der Waals surface area contributed by atoms with Crippen LogP contribution in [0.25, 0.3) is 0 Å². The molecule has 0 bridgehead atoms. The molecule has 1 N–H and O–H groups in total. The lowest BCUT2D eigenvalue weighted by Gasteiger charge is -2.20. The van der Waals surface area contributed by atoms with Crippen LogP contribution in [0.3, 0.4) is 0 Å². The normalized spacial score (nSPS) is 17.4. The van der Waals surface area contributed by atoms with Crippen LogP contribution < -0.4 is 4.90 Å². The van der Waals surface area contributed by atoms with E-state index in [2.05, 4.69) is 0 Å². The molecule has 2 aromatic rings. The maximum Gasteiger partial charge on any atom is 0.312 e. The molecule has 0 spiro atoms. The zero-order valence-electron chi connectivity index (χ0n) is 13.3. The highest BCUT2D eigenvalue weighted by atomic mass is 19.1. The van der Waals surface area contributed by atoms with Crippen LogP contribution in [0, 0.1) is 5.82 Å². The van der Waals surface area contributed by atoms with Gasteiger partial charge in [-0.15, -0.1) is 0 Å². The average molecular weight is 327 g/mol. The standard InChI is InChI=1S/C19H18FNO3/c1-12(13-6-8-14(20)9-7-13)10-18(22)21-11-16(19(23)24)15-4-2-3-5-17(15)21/h2-9,12,16H,10-11H2,1H3,(H,23,24). The molecule has 0 radical (unpaired) electrons. The molecule has 0 saturated carbocycles. The number of carbonyl (C=O) groups is 2. The minimum Gasteiger partial charge on any atom is -0.481 e. The number of para-hydroxylation sites is 1. The zero-order valence-corrected chi connectivity index (χ0v) is 13.3. The number of aliphatic carboxylic acids is 1. The highest BCUT2D eigenvalue weighted by Gasteiger charge is 2.36. The number of fused-ring (bicyclic) bond motifs is 1. The molecule has 1 aliphatic rings. The molecule has 2 unspecified atom stereocenters. The molecule has 2 atom stereocenters. The summed E-state index contributed by atoms with van der Waals surface area (Å²) in [6.07, 6.45) is 0.242. The molecule has 5 heteroatoms. The minimum absolute atomic E-state index is 0.0749. The van der Waals surface area contributed by atoms with Gasteiger partial charge in [0.05, 0.1) is 0 Å². The van der Waals surface area contributed by atoms with Crippen LogP contribution in [0.2, 0.25) is 0 Å². The second kappa shape index (κ2) is 6.43. The molecule has 1 aliphatic heterocycles. The third-order valence-corrected chi connectivity index (χ3v) is 4.49. The molecule has 124 valence electrons. The summed E-state index contributed by atoms with van der Waals surface area (Å²) in [6, 6.07) is 13.2. The molecule has 0 fully saturated rings. The molecular weight excluding hydrogens is 309 g/mol. The van der Waals surface area contributed by atoms with Crippen LogP contribution in [-0.4, -0.2) is 23.5 Å². The first-order valence-electron chi connectivity index (χ1n) is 7.85. The van der Waals surface area contributed by atoms with Crippen LogP contribution in [-0.2, 0) is 9.59 Å². The number of carboxylic acid groups (broad SMARTS) is 1. The second-order valence-electron chi connectivity index (χ2n) is 6.11. The van der Waals surface area contributed by atoms with Crippen molar-refractivity contribution in [3.05, 3.63) is 65.5 Å². The number of benzene rings is 2. The predicted molar refractivity (Wildman–Crippen MR) is 88.6 cm³/mol. The van der Waals surface area contributed by atoms with E-state index in [-0.39, 0.29) is 30.6 Å². The lowest BCUT2D eigenvalue weighted by Crippen LogP contribution is -2.31. The van der Waals surface area contributed by atoms with Crippen molar-refractivity contribution in [1.29, 1.82) is 0 Å². The monoisotopic (exact) mass is 327 g/mol. The van der Waals surface area contributed by atoms with Gasteiger partial charge in [-0.3, -0.25) is 9.59 Å². The third kappa shape index (κ3) is 3.02. The van der Waals surface area contributed by atoms with Gasteiger partial charge < -0.3 is 10.0 Å². The van der Waals surface area contributed by atoms with Crippen molar-refractivity contribution < 1.29 is 19.1 Å². The van der Waals surface area contributed by atoms with E-state index in [1.807, 2.05) is 6.92 Å². The van der Waals surface area contributed by atoms with Crippen LogP contribution in [0.15, 0.2) is 48.5 Å². The molecule has 24 heavy (non-hydrogen) atoms. The molecule has 4 nitrogen and oxygen atoms in total. The van der Waals surface area contributed by atoms with E-state index in [1.54, 1.807) is 41.3 Å². The summed E-state index contributed by atoms with van der Waals surface area (Å²) in [5, 5.41) is 9.37. The Bertz CT molecular complexity index is 772. The Balaban J connectivity index is 1.78. The number of amides is 1. The highest BCUT2D eigenvalue weighted by molar-refractivity contribution is 5.99. The number of nitrogens with zero attached hydrogens (tertiary/aromatic N) is 1. The van der Waals surface area contributed by atoms with E-state index in [9.17, 15) is 19.1 Å². The number of carbonyl (C=O) groups excluding carboxylic acids is 1. The van der Waals surface area contributed by atoms with Crippen LogP contribution in [0.5, 0.6) is 0 Å². The summed E-state index contributed by atoms with van der Waals surface area (Å²) < 4.78 is 13.0. The first-order chi connectivity index (χ1) is 11.5. The summed E-state index contributed by atoms with van der Waals surface area (Å²) in [4.78, 5) is 25.7. The highest BCUT2D eigenvalue weighted by Crippen LogP contribution is 2.37. The summed E-state index contributed by atoms with van der Waals surface area (Å²) >= 11 is 0. The van der Waals surface area contributed by atoms with Crippen LogP contribution in [0.4, 0.5) is 10.1 Å². The Kier molecular flexibility index (Phi) is 4.34. The van der Waals surface area contributed by atoms with Crippen molar-refractivity contribution in [1.82, 2.24) is 0 Å². The van der Waals surface area contributed by atoms with Gasteiger partial charge in [0.1, 0.15) is 11.7 Å². The number of anilines is 1. The molecule has 0 saturated heterocycles. The van der Waals surface area contributed by atoms with Crippen LogP contribution >= 0.6 is 0 Å². The lowest BCUT2D eigenvalue weighted by molar-refractivity contribution is -0.138. The van der Waals surface area contributed by atoms with E-state index < -0.39 is 11.9 Å². The van der Waals surface area contributed by atoms with Crippen molar-refractivity contribution in [2.24, 2.45) is 0 Å². The molecule has 3 rings (SSSR count). The topological polar surface area (TPSA) is 57.6 Å². The number of carboxylic acids is 1. The van der Waals surface area contributed by atoms with Crippen molar-refractivity contribution in [2.75, 3.05) is 11.4 Å². The number of hydrogen-bond donors (Lipinski definition) is 1. The Morgan fingerprint density at radius 1 is 1.21 bits per heavy atom. The van der Waals surface area contributed by atoms with Crippen LogP contribution in [0.1, 0.15) is 36.3 Å². The summed E-state index contributed by atoms with van der Waals surface area (Å²) in [5.74, 6) is -2.12. The largest absolute Gasteiger partial charge is 0.481 e. The average Bonchev–Trinajstić information content (AvgIpc) is 2.95. The summed E-state index contributed by atoms with van der Waals surface area (Å²) in [6.45, 7) is 2.06. The van der Waals surface area contributed by atoms with Crippen molar-refractivity contribution in [2.45, 2.75) is 25.2 Å². The maximum absolute atomic E-state index is 13.0. The van der Waals surface area contributed by atoms with E-state index in [0.29, 0.717) is 11.3 Å². The van der Waals surface area contributed by atoms with Gasteiger partial charge in [0.2, 0.25) is 5.91 Å². The summed E-state index contributed by atoms with van der Waals surface area (Å²) in [7, 11) is 0. The minimum atomic E-state index is -0.927. The number of halogens is 1. The predicted octanol–water partition coefficient (Wildman–Crippen LogP) is 3.53. The van der Waals surface area contributed by atoms with Gasteiger partial charge in [0.25, 0.3) is 0 Å². The summed E-state index contributed by atoms with van der Waals surface area (Å²) in [5.41, 5.74) is 2.22. The van der Waals surface area contributed by atoms with E-state index in [4.69, 9.17) is 0 Å². The van der Waals surface area contributed by atoms with Crippen molar-refractivity contribution >= 4 is 17.6 Å². The van der Waals surface area contributed by atoms with Gasteiger partial charge >= 0.3 is 5.97 Å². The Hall–Kier alpha value is -2.69. The van der Waals surface area contributed by atoms with Gasteiger partial charge in [-0.1, -0.05) is 37.3 Å². The smallest absolute Gasteiger partial charge is 0.312 e. The molecule has 2 aromatic carbocycles. The van der Waals surface area contributed by atoms with Gasteiger partial charge in [-0.05, 0) is 35.2 Å². The van der Waals surface area contributed by atoms with Gasteiger partial charge in [-0.2, -0.15) is 0 Å². The fourth-order valence-electron chi connectivity index (χ4n) is 3.14. The van der Waals surface area contributed by atoms with E-state index in [1.165, 1.54) is 12.1 Å². The molecule has 1 heterocycles. The van der Waals surface area contributed by atoms with E-state index in [0.717, 1.165) is 5.56 Å². The Morgan fingerprint density at radius 2 is 1.88 bits per heavy atom. The zero-order chi connectivity index (χ0) is 17.3. The number of rotatable bonds is 4. The first-order valence-corrected chi connectivity index (χ1v) is 7.85. The SMILES string of the molecule is CC(CC(=O)N1CC(C(=O)O)c2ccccc21)c1ccc(F)cc1. The molecule has 0 aromatic heterocycles. The Morgan fingerprint density at radius 3 is 2.54 bits per heavy atom. The molecular formula is C19H18FNO3. The third-order valence-electron chi connectivity index (χ3n) is 4.49. The van der Waals surface area contributed by atoms with Crippen molar-refractivity contribution in [3.63, 3.8) is 0 Å². The fraction of sp³-hybridized carbons (Fsp3) is 0.263. The quantitative estimate of drug-likeness (QED) is 0.934. The fourth-order valence-corrected chi connectivity index (χ4v) is 3.14. The molecule has 1 amide bonds. The lowest BCUT2D eigenvalue weighted by atomic mass is 9.97. The van der Waals surface area contributed by atoms with E-state index >= 15 is 0 Å². The first kappa shape index (κ1) is 16.2. The maximum atomic E-state index is 13.0. The van der Waals surface area contributed by atoms with Gasteiger partial charge in [0.15, 0.2) is 0 Å². The molecule has 0 aliphatic carbocycles. The van der Waals surface area contributed by atoms with Gasteiger partial charge in [-0.25, -0.2) is 4.39 Å². The van der Waals surface area contributed by atoms with Gasteiger partial charge in [0, 0.05) is 18.7 Å². The number of hydrogen-bond acceptors (Lipinski definition) is 2. The Labute approximate surface area is 139 Å².